The molecule has 1 amide bonds. The number of likely N-dealkylation sites (tertiary alicyclic amines) is 1. The van der Waals surface area contributed by atoms with Crippen LogP contribution >= 0.6 is 0 Å². The minimum absolute atomic E-state index is 0.00169. The van der Waals surface area contributed by atoms with E-state index in [0.717, 1.165) is 30.9 Å². The second kappa shape index (κ2) is 8.04. The third-order valence-corrected chi connectivity index (χ3v) is 4.55. The van der Waals surface area contributed by atoms with E-state index >= 15 is 0 Å². The number of amides is 1. The molecule has 1 aromatic carbocycles. The normalized spacial score (nSPS) is 18.8. The first-order valence-corrected chi connectivity index (χ1v) is 8.83. The largest absolute Gasteiger partial charge is 0.482 e. The Kier molecular flexibility index (Phi) is 5.56. The first kappa shape index (κ1) is 16.6. The molecule has 1 fully saturated rings. The number of nitrogens with zero attached hydrogens (tertiary/aromatic N) is 3. The molecule has 24 heavy (non-hydrogen) atoms. The van der Waals surface area contributed by atoms with E-state index in [-0.39, 0.29) is 12.5 Å². The lowest BCUT2D eigenvalue weighted by Gasteiger charge is -2.29. The molecule has 0 atom stereocenters. The maximum atomic E-state index is 12.1. The Morgan fingerprint density at radius 2 is 1.92 bits per heavy atom. The van der Waals surface area contributed by atoms with Crippen molar-refractivity contribution in [3.8, 4) is 5.75 Å². The summed E-state index contributed by atoms with van der Waals surface area (Å²) >= 11 is 0. The Morgan fingerprint density at radius 1 is 1.17 bits per heavy atom. The summed E-state index contributed by atoms with van der Waals surface area (Å²) in [6.45, 7) is 3.39. The Balaban J connectivity index is 1.52. The number of benzene rings is 1. The zero-order valence-electron chi connectivity index (χ0n) is 14.1. The first-order chi connectivity index (χ1) is 11.8. The van der Waals surface area contributed by atoms with E-state index in [0.29, 0.717) is 19.0 Å². The van der Waals surface area contributed by atoms with E-state index in [1.807, 2.05) is 24.3 Å². The predicted octanol–water partition coefficient (Wildman–Crippen LogP) is 1.99. The molecule has 0 spiro atoms. The highest BCUT2D eigenvalue weighted by Crippen LogP contribution is 2.31. The van der Waals surface area contributed by atoms with Crippen LogP contribution in [0.15, 0.2) is 29.3 Å². The van der Waals surface area contributed by atoms with Crippen molar-refractivity contribution in [2.45, 2.75) is 32.1 Å². The summed E-state index contributed by atoms with van der Waals surface area (Å²) in [4.78, 5) is 20.6. The number of carbonyl (C=O) groups excluding carboxylic acids is 1. The number of para-hydroxylation sites is 2. The van der Waals surface area contributed by atoms with Crippen LogP contribution in [0.5, 0.6) is 5.75 Å². The number of hydrogen-bond acceptors (Lipinski definition) is 3. The van der Waals surface area contributed by atoms with E-state index in [9.17, 15) is 4.79 Å². The first-order valence-electron chi connectivity index (χ1n) is 8.83. The fourth-order valence-electron chi connectivity index (χ4n) is 3.22. The molecule has 3 rings (SSSR count). The number of hydrogen-bond donors (Lipinski definition) is 1. The summed E-state index contributed by atoms with van der Waals surface area (Å²) in [7, 11) is 0. The highest BCUT2D eigenvalue weighted by Gasteiger charge is 2.24. The number of anilines is 1. The summed E-state index contributed by atoms with van der Waals surface area (Å²) in [6, 6.07) is 7.65. The molecule has 6 heteroatoms. The highest BCUT2D eigenvalue weighted by atomic mass is 16.5. The van der Waals surface area contributed by atoms with Gasteiger partial charge in [0.1, 0.15) is 5.75 Å². The molecule has 1 aromatic rings. The van der Waals surface area contributed by atoms with Crippen molar-refractivity contribution >= 4 is 17.6 Å². The van der Waals surface area contributed by atoms with Gasteiger partial charge in [-0.1, -0.05) is 25.0 Å². The molecule has 0 aliphatic carbocycles. The summed E-state index contributed by atoms with van der Waals surface area (Å²) in [6.07, 6.45) is 5.73. The average molecular weight is 330 g/mol. The lowest BCUT2D eigenvalue weighted by Crippen LogP contribution is -2.40. The van der Waals surface area contributed by atoms with Crippen LogP contribution in [-0.2, 0) is 4.79 Å². The quantitative estimate of drug-likeness (QED) is 0.521. The molecule has 2 N–H and O–H groups in total. The molecule has 2 heterocycles. The Labute approximate surface area is 143 Å². The van der Waals surface area contributed by atoms with E-state index in [2.05, 4.69) is 9.89 Å². The monoisotopic (exact) mass is 330 g/mol. The van der Waals surface area contributed by atoms with Crippen LogP contribution in [-0.4, -0.2) is 49.6 Å². The van der Waals surface area contributed by atoms with E-state index < -0.39 is 0 Å². The van der Waals surface area contributed by atoms with Crippen LogP contribution in [0.3, 0.4) is 0 Å². The maximum absolute atomic E-state index is 12.1. The number of rotatable bonds is 4. The number of nitrogens with two attached hydrogens (primary N) is 1. The van der Waals surface area contributed by atoms with Crippen LogP contribution in [0.2, 0.25) is 0 Å². The van der Waals surface area contributed by atoms with Crippen LogP contribution in [0.25, 0.3) is 0 Å². The van der Waals surface area contributed by atoms with Gasteiger partial charge in [0, 0.05) is 26.2 Å². The number of guanidine groups is 1. The number of fused-ring (bicyclic) bond motifs is 1. The summed E-state index contributed by atoms with van der Waals surface area (Å²) < 4.78 is 5.46. The molecule has 1 saturated heterocycles. The smallest absolute Gasteiger partial charge is 0.265 e. The lowest BCUT2D eigenvalue weighted by atomic mass is 10.2. The van der Waals surface area contributed by atoms with E-state index in [1.54, 1.807) is 4.90 Å². The van der Waals surface area contributed by atoms with Crippen molar-refractivity contribution in [2.75, 3.05) is 37.7 Å². The van der Waals surface area contributed by atoms with Gasteiger partial charge in [-0.25, -0.2) is 0 Å². The second-order valence-electron chi connectivity index (χ2n) is 6.30. The van der Waals surface area contributed by atoms with Crippen LogP contribution in [0.1, 0.15) is 32.1 Å². The molecule has 130 valence electrons. The fourth-order valence-corrected chi connectivity index (χ4v) is 3.22. The van der Waals surface area contributed by atoms with Gasteiger partial charge in [0.2, 0.25) is 0 Å². The predicted molar refractivity (Wildman–Crippen MR) is 95.4 cm³/mol. The zero-order valence-corrected chi connectivity index (χ0v) is 14.1. The highest BCUT2D eigenvalue weighted by molar-refractivity contribution is 5.97. The summed E-state index contributed by atoms with van der Waals surface area (Å²) in [5.41, 5.74) is 6.96. The van der Waals surface area contributed by atoms with Gasteiger partial charge in [-0.15, -0.1) is 0 Å². The van der Waals surface area contributed by atoms with Gasteiger partial charge >= 0.3 is 0 Å². The molecule has 0 saturated carbocycles. The minimum Gasteiger partial charge on any atom is -0.482 e. The van der Waals surface area contributed by atoms with E-state index in [4.69, 9.17) is 10.5 Å². The third kappa shape index (κ3) is 3.99. The van der Waals surface area contributed by atoms with Gasteiger partial charge in [-0.05, 0) is 31.4 Å². The molecule has 6 nitrogen and oxygen atoms in total. The van der Waals surface area contributed by atoms with Gasteiger partial charge in [-0.2, -0.15) is 0 Å². The van der Waals surface area contributed by atoms with Crippen molar-refractivity contribution in [3.05, 3.63) is 24.3 Å². The van der Waals surface area contributed by atoms with Crippen molar-refractivity contribution in [1.29, 1.82) is 0 Å². The SMILES string of the molecule is NC(=NCCCN1C(=O)COc2ccccc21)N1CCCCCC1. The molecule has 0 unspecified atom stereocenters. The van der Waals surface area contributed by atoms with Gasteiger partial charge in [0.25, 0.3) is 5.91 Å². The molecule has 2 aliphatic rings. The third-order valence-electron chi connectivity index (χ3n) is 4.55. The molecule has 0 aromatic heterocycles. The van der Waals surface area contributed by atoms with Crippen LogP contribution in [0.4, 0.5) is 5.69 Å². The van der Waals surface area contributed by atoms with Gasteiger partial charge in [0.05, 0.1) is 5.69 Å². The van der Waals surface area contributed by atoms with Crippen LogP contribution in [0, 0.1) is 0 Å². The van der Waals surface area contributed by atoms with Crippen molar-refractivity contribution in [1.82, 2.24) is 4.90 Å². The molecule has 2 aliphatic heterocycles. The van der Waals surface area contributed by atoms with Gasteiger partial charge < -0.3 is 20.3 Å². The summed E-state index contributed by atoms with van der Waals surface area (Å²) in [5.74, 6) is 1.41. The van der Waals surface area contributed by atoms with Gasteiger partial charge in [0.15, 0.2) is 12.6 Å². The molecule has 0 radical (unpaired) electrons. The summed E-state index contributed by atoms with van der Waals surface area (Å²) in [5, 5.41) is 0. The number of aliphatic imine (C=N–C) groups is 1. The molecule has 0 bridgehead atoms. The topological polar surface area (TPSA) is 71.2 Å². The Hall–Kier alpha value is -2.24. The second-order valence-corrected chi connectivity index (χ2v) is 6.30. The minimum atomic E-state index is -0.00169. The van der Waals surface area contributed by atoms with Gasteiger partial charge in [-0.3, -0.25) is 9.79 Å². The zero-order chi connectivity index (χ0) is 16.8. The number of carbonyl (C=O) groups is 1. The van der Waals surface area contributed by atoms with Crippen LogP contribution < -0.4 is 15.4 Å². The lowest BCUT2D eigenvalue weighted by molar-refractivity contribution is -0.121. The fraction of sp³-hybridized carbons (Fsp3) is 0.556. The Bertz CT molecular complexity index is 594. The Morgan fingerprint density at radius 3 is 2.71 bits per heavy atom. The standard InChI is InChI=1S/C18H26N4O2/c19-18(21-11-5-1-2-6-12-21)20-10-7-13-22-15-8-3-4-9-16(15)24-14-17(22)23/h3-4,8-9H,1-2,5-7,10-14H2,(H2,19,20). The van der Waals surface area contributed by atoms with Crippen molar-refractivity contribution in [2.24, 2.45) is 10.7 Å². The number of ether oxygens (including phenoxy) is 1. The average Bonchev–Trinajstić information content (AvgIpc) is 2.89. The van der Waals surface area contributed by atoms with Crippen molar-refractivity contribution in [3.63, 3.8) is 0 Å². The van der Waals surface area contributed by atoms with E-state index in [1.165, 1.54) is 25.7 Å². The maximum Gasteiger partial charge on any atom is 0.265 e. The molecular formula is C18H26N4O2. The molecular weight excluding hydrogens is 304 g/mol. The van der Waals surface area contributed by atoms with Crippen molar-refractivity contribution < 1.29 is 9.53 Å².